The fourth-order valence-electron chi connectivity index (χ4n) is 2.31. The predicted molar refractivity (Wildman–Crippen MR) is 89.0 cm³/mol. The van der Waals surface area contributed by atoms with Gasteiger partial charge in [0.15, 0.2) is 6.61 Å². The van der Waals surface area contributed by atoms with Crippen LogP contribution in [-0.2, 0) is 9.53 Å². The van der Waals surface area contributed by atoms with E-state index >= 15 is 0 Å². The van der Waals surface area contributed by atoms with Crippen LogP contribution in [0.5, 0.6) is 5.75 Å². The number of carbonyl (C=O) groups is 1. The average Bonchev–Trinajstić information content (AvgIpc) is 2.54. The Balaban J connectivity index is 2.24. The zero-order valence-corrected chi connectivity index (χ0v) is 13.8. The maximum atomic E-state index is 11.2. The number of hydrogen-bond acceptors (Lipinski definition) is 5. The van der Waals surface area contributed by atoms with Gasteiger partial charge in [-0.05, 0) is 61.2 Å². The second-order valence-electron chi connectivity index (χ2n) is 5.27. The topological polar surface area (TPSA) is 61.3 Å². The van der Waals surface area contributed by atoms with Crippen molar-refractivity contribution in [3.63, 3.8) is 0 Å². The van der Waals surface area contributed by atoms with Gasteiger partial charge >= 0.3 is 5.97 Å². The number of aromatic nitrogens is 2. The Morgan fingerprint density at radius 2 is 1.91 bits per heavy atom. The van der Waals surface area contributed by atoms with Crippen molar-refractivity contribution in [3.8, 4) is 5.75 Å². The van der Waals surface area contributed by atoms with Gasteiger partial charge in [0.25, 0.3) is 0 Å². The number of allylic oxidation sites excluding steroid dienone is 1. The summed E-state index contributed by atoms with van der Waals surface area (Å²) in [7, 11) is 1.34. The molecule has 0 spiro atoms. The van der Waals surface area contributed by atoms with Gasteiger partial charge in [-0.25, -0.2) is 4.79 Å². The lowest BCUT2D eigenvalue weighted by atomic mass is 10.0. The maximum Gasteiger partial charge on any atom is 0.343 e. The predicted octanol–water partition coefficient (Wildman–Crippen LogP) is 3.21. The molecular formula is C18H20N2O3. The fourth-order valence-corrected chi connectivity index (χ4v) is 2.31. The molecule has 0 fully saturated rings. The van der Waals surface area contributed by atoms with Gasteiger partial charge < -0.3 is 9.47 Å². The van der Waals surface area contributed by atoms with Gasteiger partial charge in [-0.15, -0.1) is 0 Å². The SMILES string of the molecule is COC(=O)COc1c(C)cc(/C=C(\C)c2cnccn2)cc1C. The Morgan fingerprint density at radius 1 is 1.22 bits per heavy atom. The van der Waals surface area contributed by atoms with Gasteiger partial charge in [0.1, 0.15) is 5.75 Å². The summed E-state index contributed by atoms with van der Waals surface area (Å²) in [4.78, 5) is 19.6. The minimum absolute atomic E-state index is 0.0913. The van der Waals surface area contributed by atoms with Gasteiger partial charge in [-0.2, -0.15) is 0 Å². The molecule has 0 atom stereocenters. The zero-order chi connectivity index (χ0) is 16.8. The number of hydrogen-bond donors (Lipinski definition) is 0. The first-order valence-corrected chi connectivity index (χ1v) is 7.27. The summed E-state index contributed by atoms with van der Waals surface area (Å²) >= 11 is 0. The molecule has 0 saturated heterocycles. The molecule has 0 amide bonds. The van der Waals surface area contributed by atoms with Gasteiger partial charge in [0, 0.05) is 12.4 Å². The smallest absolute Gasteiger partial charge is 0.343 e. The molecule has 2 aromatic rings. The molecule has 0 radical (unpaired) electrons. The van der Waals surface area contributed by atoms with Crippen LogP contribution in [0.2, 0.25) is 0 Å². The van der Waals surface area contributed by atoms with E-state index in [-0.39, 0.29) is 6.61 Å². The van der Waals surface area contributed by atoms with E-state index in [4.69, 9.17) is 4.74 Å². The lowest BCUT2D eigenvalue weighted by molar-refractivity contribution is -0.142. The van der Waals surface area contributed by atoms with Gasteiger partial charge in [-0.1, -0.05) is 0 Å². The highest BCUT2D eigenvalue weighted by Gasteiger charge is 2.09. The molecule has 0 bridgehead atoms. The van der Waals surface area contributed by atoms with E-state index in [1.54, 1.807) is 18.6 Å². The molecule has 5 nitrogen and oxygen atoms in total. The monoisotopic (exact) mass is 312 g/mol. The van der Waals surface area contributed by atoms with E-state index in [9.17, 15) is 4.79 Å². The third-order valence-corrected chi connectivity index (χ3v) is 3.40. The van der Waals surface area contributed by atoms with Crippen LogP contribution >= 0.6 is 0 Å². The van der Waals surface area contributed by atoms with Crippen LogP contribution in [0.25, 0.3) is 11.6 Å². The zero-order valence-electron chi connectivity index (χ0n) is 13.8. The number of esters is 1. The molecule has 0 saturated carbocycles. The quantitative estimate of drug-likeness (QED) is 0.793. The normalized spacial score (nSPS) is 11.2. The van der Waals surface area contributed by atoms with Crippen molar-refractivity contribution in [2.24, 2.45) is 0 Å². The fraction of sp³-hybridized carbons (Fsp3) is 0.278. The van der Waals surface area contributed by atoms with Crippen LogP contribution in [0.3, 0.4) is 0 Å². The summed E-state index contributed by atoms with van der Waals surface area (Å²) in [5, 5.41) is 0. The summed E-state index contributed by atoms with van der Waals surface area (Å²) in [5.41, 5.74) is 4.85. The maximum absolute atomic E-state index is 11.2. The van der Waals surface area contributed by atoms with Crippen molar-refractivity contribution in [2.45, 2.75) is 20.8 Å². The van der Waals surface area contributed by atoms with Crippen LogP contribution in [0.4, 0.5) is 0 Å². The van der Waals surface area contributed by atoms with Crippen molar-refractivity contribution in [1.82, 2.24) is 9.97 Å². The Hall–Kier alpha value is -2.69. The molecule has 5 heteroatoms. The summed E-state index contributed by atoms with van der Waals surface area (Å²) in [6, 6.07) is 4.03. The molecule has 0 N–H and O–H groups in total. The lowest BCUT2D eigenvalue weighted by Gasteiger charge is -2.12. The van der Waals surface area contributed by atoms with E-state index in [0.717, 1.165) is 28.0 Å². The van der Waals surface area contributed by atoms with Crippen LogP contribution in [-0.4, -0.2) is 29.7 Å². The number of methoxy groups -OCH3 is 1. The molecule has 0 aliphatic rings. The molecule has 23 heavy (non-hydrogen) atoms. The first-order valence-electron chi connectivity index (χ1n) is 7.27. The largest absolute Gasteiger partial charge is 0.481 e. The van der Waals surface area contributed by atoms with Crippen LogP contribution in [0, 0.1) is 13.8 Å². The second-order valence-corrected chi connectivity index (χ2v) is 5.27. The van der Waals surface area contributed by atoms with E-state index in [1.807, 2.05) is 39.0 Å². The highest BCUT2D eigenvalue weighted by molar-refractivity contribution is 5.79. The number of carbonyl (C=O) groups excluding carboxylic acids is 1. The van der Waals surface area contributed by atoms with Crippen molar-refractivity contribution in [3.05, 3.63) is 53.1 Å². The van der Waals surface area contributed by atoms with Crippen molar-refractivity contribution in [2.75, 3.05) is 13.7 Å². The third kappa shape index (κ3) is 4.39. The molecule has 0 aliphatic carbocycles. The summed E-state index contributed by atoms with van der Waals surface area (Å²) < 4.78 is 10.1. The molecular weight excluding hydrogens is 292 g/mol. The Labute approximate surface area is 136 Å². The molecule has 0 unspecified atom stereocenters. The van der Waals surface area contributed by atoms with Crippen LogP contribution < -0.4 is 4.74 Å². The van der Waals surface area contributed by atoms with Gasteiger partial charge in [0.05, 0.1) is 19.0 Å². The van der Waals surface area contributed by atoms with Crippen molar-refractivity contribution >= 4 is 17.6 Å². The molecule has 1 heterocycles. The first kappa shape index (κ1) is 16.7. The van der Waals surface area contributed by atoms with E-state index < -0.39 is 5.97 Å². The van der Waals surface area contributed by atoms with Gasteiger partial charge in [0.2, 0.25) is 0 Å². The van der Waals surface area contributed by atoms with Crippen LogP contribution in [0.15, 0.2) is 30.7 Å². The summed E-state index contributed by atoms with van der Waals surface area (Å²) in [5.74, 6) is 0.316. The minimum Gasteiger partial charge on any atom is -0.481 e. The average molecular weight is 312 g/mol. The van der Waals surface area contributed by atoms with E-state index in [0.29, 0.717) is 5.75 Å². The number of nitrogens with zero attached hydrogens (tertiary/aromatic N) is 2. The van der Waals surface area contributed by atoms with E-state index in [1.165, 1.54) is 7.11 Å². The highest BCUT2D eigenvalue weighted by atomic mass is 16.6. The summed E-state index contributed by atoms with van der Waals surface area (Å²) in [6.07, 6.45) is 7.11. The minimum atomic E-state index is -0.397. The summed E-state index contributed by atoms with van der Waals surface area (Å²) in [6.45, 7) is 5.81. The third-order valence-electron chi connectivity index (χ3n) is 3.40. The number of ether oxygens (including phenoxy) is 2. The molecule has 1 aromatic carbocycles. The molecule has 1 aromatic heterocycles. The second kappa shape index (κ2) is 7.54. The Kier molecular flexibility index (Phi) is 5.46. The number of rotatable bonds is 5. The number of benzene rings is 1. The standard InChI is InChI=1S/C18H20N2O3/c1-12(16-10-19-5-6-20-16)7-15-8-13(2)18(14(3)9-15)23-11-17(21)22-4/h5-10H,11H2,1-4H3/b12-7+. The lowest BCUT2D eigenvalue weighted by Crippen LogP contribution is -2.13. The van der Waals surface area contributed by atoms with E-state index in [2.05, 4.69) is 14.7 Å². The number of aryl methyl sites for hydroxylation is 2. The van der Waals surface area contributed by atoms with Crippen LogP contribution in [0.1, 0.15) is 29.3 Å². The molecule has 2 rings (SSSR count). The van der Waals surface area contributed by atoms with Gasteiger partial charge in [-0.3, -0.25) is 9.97 Å². The Bertz CT molecular complexity index is 701. The Morgan fingerprint density at radius 3 is 2.48 bits per heavy atom. The molecule has 120 valence electrons. The molecule has 0 aliphatic heterocycles. The van der Waals surface area contributed by atoms with Crippen molar-refractivity contribution < 1.29 is 14.3 Å². The highest BCUT2D eigenvalue weighted by Crippen LogP contribution is 2.26. The first-order chi connectivity index (χ1) is 11.0. The van der Waals surface area contributed by atoms with Crippen molar-refractivity contribution in [1.29, 1.82) is 0 Å².